The summed E-state index contributed by atoms with van der Waals surface area (Å²) in [6, 6.07) is 19.2. The second-order valence-electron chi connectivity index (χ2n) is 15.1. The van der Waals surface area contributed by atoms with Gasteiger partial charge in [-0.15, -0.1) is 0 Å². The molecular formula is C43H44N8O7. The number of nitrogens with one attached hydrogen (secondary N) is 4. The molecule has 4 amide bonds. The van der Waals surface area contributed by atoms with Gasteiger partial charge in [0.15, 0.2) is 5.78 Å². The highest BCUT2D eigenvalue weighted by atomic mass is 16.5. The maximum Gasteiger partial charge on any atom is 0.407 e. The zero-order chi connectivity index (χ0) is 40.7. The molecule has 15 nitrogen and oxygen atoms in total. The first-order chi connectivity index (χ1) is 28.0. The number of rotatable bonds is 9. The average molecular weight is 785 g/mol. The molecule has 298 valence electrons. The van der Waals surface area contributed by atoms with Gasteiger partial charge in [0.05, 0.1) is 55.8 Å². The molecule has 5 aromatic rings. The highest BCUT2D eigenvalue weighted by Crippen LogP contribution is 2.44. The van der Waals surface area contributed by atoms with Crippen molar-refractivity contribution < 1.29 is 33.4 Å². The number of benzene rings is 3. The van der Waals surface area contributed by atoms with Gasteiger partial charge in [0.2, 0.25) is 5.91 Å². The van der Waals surface area contributed by atoms with E-state index in [0.29, 0.717) is 35.9 Å². The smallest absolute Gasteiger partial charge is 0.407 e. The first-order valence-corrected chi connectivity index (χ1v) is 19.3. The number of anilines is 1. The van der Waals surface area contributed by atoms with E-state index >= 15 is 0 Å². The summed E-state index contributed by atoms with van der Waals surface area (Å²) in [5.41, 5.74) is 7.38. The van der Waals surface area contributed by atoms with Gasteiger partial charge in [-0.1, -0.05) is 74.5 Å². The van der Waals surface area contributed by atoms with Gasteiger partial charge in [0.25, 0.3) is 5.91 Å². The summed E-state index contributed by atoms with van der Waals surface area (Å²) >= 11 is 0. The number of methoxy groups -OCH3 is 2. The lowest BCUT2D eigenvalue weighted by atomic mass is 10.00. The van der Waals surface area contributed by atoms with Gasteiger partial charge in [-0.2, -0.15) is 0 Å². The Morgan fingerprint density at radius 1 is 0.776 bits per heavy atom. The van der Waals surface area contributed by atoms with Crippen molar-refractivity contribution >= 4 is 35.5 Å². The van der Waals surface area contributed by atoms with Crippen molar-refractivity contribution in [1.29, 1.82) is 0 Å². The van der Waals surface area contributed by atoms with Crippen molar-refractivity contribution in [3.05, 3.63) is 102 Å². The Hall–Kier alpha value is -6.77. The van der Waals surface area contributed by atoms with Gasteiger partial charge in [0, 0.05) is 24.9 Å². The number of hydrogen-bond acceptors (Lipinski definition) is 9. The van der Waals surface area contributed by atoms with Gasteiger partial charge in [-0.3, -0.25) is 19.3 Å². The first-order valence-electron chi connectivity index (χ1n) is 19.3. The van der Waals surface area contributed by atoms with Crippen LogP contribution in [0.5, 0.6) is 0 Å². The zero-order valence-electron chi connectivity index (χ0n) is 32.6. The molecule has 0 bridgehead atoms. The molecule has 0 saturated carbocycles. The molecule has 4 atom stereocenters. The lowest BCUT2D eigenvalue weighted by Crippen LogP contribution is -2.51. The Bertz CT molecular complexity index is 2390. The summed E-state index contributed by atoms with van der Waals surface area (Å²) in [4.78, 5) is 84.3. The number of imidazole rings is 2. The Labute approximate surface area is 334 Å². The number of hydrogen-bond donors (Lipinski definition) is 4. The normalized spacial score (nSPS) is 19.2. The van der Waals surface area contributed by atoms with Crippen LogP contribution in [0.15, 0.2) is 79.1 Å². The van der Waals surface area contributed by atoms with E-state index in [1.807, 2.05) is 74.5 Å². The molecule has 15 heteroatoms. The number of alkyl carbamates (subject to hydrolysis) is 2. The van der Waals surface area contributed by atoms with E-state index < -0.39 is 36.2 Å². The molecule has 0 radical (unpaired) electrons. The van der Waals surface area contributed by atoms with Crippen molar-refractivity contribution in [2.45, 2.75) is 63.7 Å². The second-order valence-corrected chi connectivity index (χ2v) is 15.1. The number of H-pyrrole nitrogens is 2. The second kappa shape index (κ2) is 15.6. The molecule has 1 saturated heterocycles. The van der Waals surface area contributed by atoms with Crippen LogP contribution in [0.4, 0.5) is 15.3 Å². The van der Waals surface area contributed by atoms with Crippen LogP contribution in [-0.4, -0.2) is 87.5 Å². The third-order valence-corrected chi connectivity index (χ3v) is 11.3. The van der Waals surface area contributed by atoms with Crippen LogP contribution in [0.2, 0.25) is 0 Å². The number of amides is 4. The molecule has 3 aliphatic rings. The van der Waals surface area contributed by atoms with Gasteiger partial charge in [0.1, 0.15) is 23.7 Å². The summed E-state index contributed by atoms with van der Waals surface area (Å²) in [7, 11) is 2.49. The highest BCUT2D eigenvalue weighted by molar-refractivity contribution is 6.14. The van der Waals surface area contributed by atoms with Crippen LogP contribution >= 0.6 is 0 Å². The lowest BCUT2D eigenvalue weighted by Gasteiger charge is -2.30. The molecule has 0 spiro atoms. The van der Waals surface area contributed by atoms with E-state index in [1.54, 1.807) is 28.3 Å². The Balaban J connectivity index is 0.959. The molecule has 3 aromatic carbocycles. The fourth-order valence-electron chi connectivity index (χ4n) is 8.25. The summed E-state index contributed by atoms with van der Waals surface area (Å²) in [6.45, 7) is 4.36. The van der Waals surface area contributed by atoms with E-state index in [4.69, 9.17) is 9.47 Å². The minimum absolute atomic E-state index is 0.117. The summed E-state index contributed by atoms with van der Waals surface area (Å²) in [5.74, 6) is 0.383. The van der Waals surface area contributed by atoms with Crippen molar-refractivity contribution in [1.82, 2.24) is 35.5 Å². The van der Waals surface area contributed by atoms with E-state index in [2.05, 4.69) is 30.6 Å². The van der Waals surface area contributed by atoms with E-state index in [1.165, 1.54) is 14.2 Å². The molecule has 1 fully saturated rings. The first kappa shape index (κ1) is 38.1. The minimum Gasteiger partial charge on any atom is -0.453 e. The summed E-state index contributed by atoms with van der Waals surface area (Å²) in [5, 5.41) is 5.23. The third-order valence-electron chi connectivity index (χ3n) is 11.3. The summed E-state index contributed by atoms with van der Waals surface area (Å²) < 4.78 is 9.48. The quantitative estimate of drug-likeness (QED) is 0.136. The minimum atomic E-state index is -1.07. The Morgan fingerprint density at radius 2 is 1.36 bits per heavy atom. The number of likely N-dealkylation sites (tertiary alicyclic amines) is 1. The molecule has 0 aliphatic carbocycles. The number of ketones is 1. The van der Waals surface area contributed by atoms with Crippen LogP contribution in [-0.2, 0) is 25.5 Å². The highest BCUT2D eigenvalue weighted by Gasteiger charge is 2.45. The van der Waals surface area contributed by atoms with E-state index in [9.17, 15) is 24.0 Å². The van der Waals surface area contributed by atoms with Crippen LogP contribution < -0.4 is 15.5 Å². The largest absolute Gasteiger partial charge is 0.453 e. The number of nitrogens with zero attached hydrogens (tertiary/aromatic N) is 4. The predicted molar refractivity (Wildman–Crippen MR) is 214 cm³/mol. The van der Waals surface area contributed by atoms with Crippen LogP contribution in [0, 0.1) is 5.92 Å². The predicted octanol–water partition coefficient (Wildman–Crippen LogP) is 6.12. The number of carbonyl (C=O) groups is 5. The maximum atomic E-state index is 13.9. The maximum absolute atomic E-state index is 13.9. The Kier molecular flexibility index (Phi) is 10.3. The van der Waals surface area contributed by atoms with Crippen molar-refractivity contribution in [2.75, 3.05) is 25.7 Å². The number of para-hydroxylation sites is 1. The fourth-order valence-corrected chi connectivity index (χ4v) is 8.25. The third kappa shape index (κ3) is 7.07. The van der Waals surface area contributed by atoms with Gasteiger partial charge in [-0.25, -0.2) is 19.6 Å². The number of aromatic amines is 2. The fraction of sp³-hybridized carbons (Fsp3) is 0.326. The number of aromatic nitrogens is 4. The monoisotopic (exact) mass is 784 g/mol. The molecule has 0 unspecified atom stereocenters. The van der Waals surface area contributed by atoms with Crippen molar-refractivity contribution in [3.8, 4) is 33.6 Å². The van der Waals surface area contributed by atoms with Gasteiger partial charge < -0.3 is 35.0 Å². The topological polar surface area (TPSA) is 192 Å². The molecule has 3 aliphatic heterocycles. The molecule has 5 heterocycles. The van der Waals surface area contributed by atoms with Crippen LogP contribution in [0.3, 0.4) is 0 Å². The Morgan fingerprint density at radius 3 is 1.95 bits per heavy atom. The van der Waals surface area contributed by atoms with Crippen LogP contribution in [0.25, 0.3) is 33.6 Å². The zero-order valence-corrected chi connectivity index (χ0v) is 32.6. The van der Waals surface area contributed by atoms with E-state index in [0.717, 1.165) is 52.0 Å². The number of ether oxygens (including phenoxy) is 2. The molecule has 2 aromatic heterocycles. The number of Topliss-reactive ketones (excluding diaryl/α,β-unsaturated/α-hetero) is 1. The van der Waals surface area contributed by atoms with Crippen molar-refractivity contribution in [3.63, 3.8) is 0 Å². The van der Waals surface area contributed by atoms with Gasteiger partial charge in [-0.05, 0) is 52.6 Å². The lowest BCUT2D eigenvalue weighted by molar-refractivity contribution is -0.135. The van der Waals surface area contributed by atoms with Gasteiger partial charge >= 0.3 is 12.2 Å². The van der Waals surface area contributed by atoms with E-state index in [-0.39, 0.29) is 30.1 Å². The summed E-state index contributed by atoms with van der Waals surface area (Å²) in [6.07, 6.45) is 4.00. The van der Waals surface area contributed by atoms with Crippen LogP contribution in [0.1, 0.15) is 72.8 Å². The standard InChI is InChI=1S/C43H44N8O7/c1-23(2)36(49-43(56)58-4)41(54)50-18-6-9-33(50)38-44-21-31(46-38)26-14-10-24(11-15-26)25-12-16-27(17-13-25)32-22-45-39(47-32)34-19-28-7-5-8-29-35(52)20-30(48-42(55)57-3)40(53)51(34)37(28)29/h5,7-8,10-17,21-23,30,33-34,36H,6,9,18-20H2,1-4H3,(H,44,46)(H,45,47)(H,48,55)(H,49,56)/t30-,33-,34-,36-/m0/s1. The molecule has 8 rings (SSSR count). The SMILES string of the molecule is COC(=O)N[C@H]1CC(=O)c2cccc3c2N(C1=O)[C@H](c1ncc(-c2ccc(-c4ccc(-c5cnc([C@@H]6CCCN6C(=O)[C@@H](NC(=O)OC)C(C)C)[nH]5)cc4)cc2)[nH]1)C3. The molecule has 4 N–H and O–H groups in total. The number of carbonyl (C=O) groups excluding carboxylic acids is 5. The van der Waals surface area contributed by atoms with Crippen molar-refractivity contribution in [2.24, 2.45) is 5.92 Å². The molecule has 58 heavy (non-hydrogen) atoms. The molecular weight excluding hydrogens is 741 g/mol. The average Bonchev–Trinajstić information content (AvgIpc) is 4.07.